The lowest BCUT2D eigenvalue weighted by Crippen LogP contribution is -2.49. The molecule has 0 radical (unpaired) electrons. The second kappa shape index (κ2) is 8.22. The molecule has 2 aromatic heterocycles. The number of pyridine rings is 1. The van der Waals surface area contributed by atoms with Gasteiger partial charge in [0.1, 0.15) is 5.69 Å². The van der Waals surface area contributed by atoms with Crippen LogP contribution in [-0.4, -0.2) is 36.9 Å². The van der Waals surface area contributed by atoms with Crippen LogP contribution in [0.15, 0.2) is 69.7 Å². The van der Waals surface area contributed by atoms with E-state index >= 15 is 0 Å². The van der Waals surface area contributed by atoms with Crippen molar-refractivity contribution in [3.05, 3.63) is 80.9 Å². The Bertz CT molecular complexity index is 1300. The molecule has 2 aliphatic rings. The van der Waals surface area contributed by atoms with Crippen molar-refractivity contribution in [1.29, 1.82) is 0 Å². The SMILES string of the molecule is O=C(Cc1cccs1)N1CC2CC(C1)c1ccc(NS(=O)(=O)c3ccccc3)c(=O)n1C2. The molecule has 1 N–H and O–H groups in total. The van der Waals surface area contributed by atoms with Gasteiger partial charge in [-0.1, -0.05) is 24.3 Å². The van der Waals surface area contributed by atoms with Crippen LogP contribution in [0.1, 0.15) is 22.9 Å². The van der Waals surface area contributed by atoms with Gasteiger partial charge < -0.3 is 9.47 Å². The number of aromatic nitrogens is 1. The lowest BCUT2D eigenvalue weighted by atomic mass is 9.83. The molecule has 1 amide bonds. The molecular formula is C23H23N3O4S2. The predicted octanol–water partition coefficient (Wildman–Crippen LogP) is 2.90. The van der Waals surface area contributed by atoms with Crippen LogP contribution in [0, 0.1) is 5.92 Å². The van der Waals surface area contributed by atoms with E-state index in [2.05, 4.69) is 4.72 Å². The Morgan fingerprint density at radius 3 is 2.59 bits per heavy atom. The summed E-state index contributed by atoms with van der Waals surface area (Å²) in [4.78, 5) is 29.0. The maximum absolute atomic E-state index is 13.1. The van der Waals surface area contributed by atoms with Crippen molar-refractivity contribution in [2.75, 3.05) is 17.8 Å². The summed E-state index contributed by atoms with van der Waals surface area (Å²) in [6.07, 6.45) is 1.33. The molecular weight excluding hydrogens is 446 g/mol. The van der Waals surface area contributed by atoms with Crippen LogP contribution in [0.2, 0.25) is 0 Å². The molecule has 2 aliphatic heterocycles. The smallest absolute Gasteiger partial charge is 0.275 e. The van der Waals surface area contributed by atoms with Crippen molar-refractivity contribution in [3.8, 4) is 0 Å². The first-order chi connectivity index (χ1) is 15.4. The summed E-state index contributed by atoms with van der Waals surface area (Å²) in [5.41, 5.74) is 0.570. The Labute approximate surface area is 190 Å². The number of anilines is 1. The number of piperidine rings is 1. The summed E-state index contributed by atoms with van der Waals surface area (Å²) in [6, 6.07) is 15.3. The number of nitrogens with one attached hydrogen (secondary N) is 1. The monoisotopic (exact) mass is 469 g/mol. The van der Waals surface area contributed by atoms with Crippen LogP contribution in [0.25, 0.3) is 0 Å². The number of carbonyl (C=O) groups excluding carboxylic acids is 1. The van der Waals surface area contributed by atoms with Crippen molar-refractivity contribution in [3.63, 3.8) is 0 Å². The highest BCUT2D eigenvalue weighted by atomic mass is 32.2. The molecule has 0 spiro atoms. The molecule has 5 rings (SSSR count). The third kappa shape index (κ3) is 3.98. The summed E-state index contributed by atoms with van der Waals surface area (Å²) in [5.74, 6) is 0.361. The molecule has 7 nitrogen and oxygen atoms in total. The van der Waals surface area contributed by atoms with Crippen LogP contribution in [0.5, 0.6) is 0 Å². The Kier molecular flexibility index (Phi) is 5.38. The van der Waals surface area contributed by atoms with E-state index in [9.17, 15) is 18.0 Å². The van der Waals surface area contributed by atoms with Gasteiger partial charge in [0.15, 0.2) is 0 Å². The fraction of sp³-hybridized carbons (Fsp3) is 0.304. The third-order valence-corrected chi connectivity index (χ3v) is 8.42. The molecule has 0 saturated carbocycles. The summed E-state index contributed by atoms with van der Waals surface area (Å²) < 4.78 is 29.5. The summed E-state index contributed by atoms with van der Waals surface area (Å²) in [6.45, 7) is 1.68. The van der Waals surface area contributed by atoms with Gasteiger partial charge in [-0.2, -0.15) is 0 Å². The number of likely N-dealkylation sites (tertiary alicyclic amines) is 1. The van der Waals surface area contributed by atoms with Crippen molar-refractivity contribution in [1.82, 2.24) is 9.47 Å². The number of benzene rings is 1. The number of carbonyl (C=O) groups is 1. The van der Waals surface area contributed by atoms with E-state index in [0.29, 0.717) is 26.1 Å². The highest BCUT2D eigenvalue weighted by molar-refractivity contribution is 7.92. The van der Waals surface area contributed by atoms with Gasteiger partial charge in [-0.3, -0.25) is 14.3 Å². The number of hydrogen-bond donors (Lipinski definition) is 1. The van der Waals surface area contributed by atoms with Crippen LogP contribution in [0.3, 0.4) is 0 Å². The molecule has 3 aromatic rings. The zero-order chi connectivity index (χ0) is 22.3. The zero-order valence-electron chi connectivity index (χ0n) is 17.3. The van der Waals surface area contributed by atoms with E-state index in [4.69, 9.17) is 0 Å². The van der Waals surface area contributed by atoms with Gasteiger partial charge in [-0.25, -0.2) is 8.42 Å². The molecule has 0 aliphatic carbocycles. The van der Waals surface area contributed by atoms with Gasteiger partial charge in [0.05, 0.1) is 11.3 Å². The second-order valence-corrected chi connectivity index (χ2v) is 11.1. The van der Waals surface area contributed by atoms with Crippen LogP contribution in [0.4, 0.5) is 5.69 Å². The highest BCUT2D eigenvalue weighted by Crippen LogP contribution is 2.36. The Morgan fingerprint density at radius 2 is 1.84 bits per heavy atom. The lowest BCUT2D eigenvalue weighted by Gasteiger charge is -2.43. The zero-order valence-corrected chi connectivity index (χ0v) is 18.9. The Hall–Kier alpha value is -2.91. The number of thiophene rings is 1. The maximum Gasteiger partial charge on any atom is 0.275 e. The van der Waals surface area contributed by atoms with Crippen LogP contribution in [-0.2, 0) is 27.8 Å². The van der Waals surface area contributed by atoms with Gasteiger partial charge in [-0.15, -0.1) is 11.3 Å². The molecule has 2 bridgehead atoms. The number of hydrogen-bond acceptors (Lipinski definition) is 5. The second-order valence-electron chi connectivity index (χ2n) is 8.36. The van der Waals surface area contributed by atoms with Crippen molar-refractivity contribution in [2.24, 2.45) is 5.92 Å². The van der Waals surface area contributed by atoms with E-state index < -0.39 is 10.0 Å². The van der Waals surface area contributed by atoms with E-state index in [1.807, 2.05) is 28.5 Å². The number of sulfonamides is 1. The van der Waals surface area contributed by atoms with Crippen molar-refractivity contribution in [2.45, 2.75) is 30.2 Å². The average Bonchev–Trinajstić information content (AvgIpc) is 3.29. The molecule has 4 heterocycles. The number of fused-ring (bicyclic) bond motifs is 4. The minimum Gasteiger partial charge on any atom is -0.341 e. The molecule has 9 heteroatoms. The van der Waals surface area contributed by atoms with Crippen LogP contribution >= 0.6 is 11.3 Å². The minimum atomic E-state index is -3.84. The van der Waals surface area contributed by atoms with Gasteiger partial charge in [-0.05, 0) is 48.1 Å². The molecule has 1 aromatic carbocycles. The molecule has 1 fully saturated rings. The van der Waals surface area contributed by atoms with Crippen molar-refractivity contribution >= 4 is 33.0 Å². The summed E-state index contributed by atoms with van der Waals surface area (Å²) in [7, 11) is -3.84. The minimum absolute atomic E-state index is 0.0446. The fourth-order valence-corrected chi connectivity index (χ4v) is 6.48. The first-order valence-electron chi connectivity index (χ1n) is 10.5. The van der Waals surface area contributed by atoms with E-state index in [-0.39, 0.29) is 33.9 Å². The maximum atomic E-state index is 13.1. The quantitative estimate of drug-likeness (QED) is 0.622. The highest BCUT2D eigenvalue weighted by Gasteiger charge is 2.36. The number of rotatable bonds is 5. The summed E-state index contributed by atoms with van der Waals surface area (Å²) >= 11 is 1.58. The van der Waals surface area contributed by atoms with Crippen molar-refractivity contribution < 1.29 is 13.2 Å². The topological polar surface area (TPSA) is 88.5 Å². The van der Waals surface area contributed by atoms with Gasteiger partial charge >= 0.3 is 0 Å². The molecule has 32 heavy (non-hydrogen) atoms. The predicted molar refractivity (Wildman–Crippen MR) is 123 cm³/mol. The van der Waals surface area contributed by atoms with Gasteiger partial charge in [0, 0.05) is 36.1 Å². The third-order valence-electron chi connectivity index (χ3n) is 6.16. The molecule has 2 atom stereocenters. The van der Waals surface area contributed by atoms with E-state index in [1.165, 1.54) is 12.1 Å². The lowest BCUT2D eigenvalue weighted by molar-refractivity contribution is -0.133. The average molecular weight is 470 g/mol. The molecule has 2 unspecified atom stereocenters. The fourth-order valence-electron chi connectivity index (χ4n) is 4.70. The molecule has 166 valence electrons. The Morgan fingerprint density at radius 1 is 1.03 bits per heavy atom. The normalized spacial score (nSPS) is 19.9. The first-order valence-corrected chi connectivity index (χ1v) is 12.9. The largest absolute Gasteiger partial charge is 0.341 e. The summed E-state index contributed by atoms with van der Waals surface area (Å²) in [5, 5.41) is 1.97. The number of amides is 1. The molecule has 1 saturated heterocycles. The van der Waals surface area contributed by atoms with Gasteiger partial charge in [0.25, 0.3) is 15.6 Å². The standard InChI is InChI=1S/C23H23N3O4S2/c27-22(12-18-5-4-10-31-18)25-13-16-11-17(15-25)21-9-8-20(23(28)26(21)14-16)24-32(29,30)19-6-2-1-3-7-19/h1-10,16-17,24H,11-15H2. The van der Waals surface area contributed by atoms with E-state index in [0.717, 1.165) is 17.0 Å². The Balaban J connectivity index is 1.38. The van der Waals surface area contributed by atoms with Gasteiger partial charge in [0.2, 0.25) is 5.91 Å². The van der Waals surface area contributed by atoms with Crippen LogP contribution < -0.4 is 10.3 Å². The van der Waals surface area contributed by atoms with E-state index in [1.54, 1.807) is 40.2 Å². The number of nitrogens with zero attached hydrogens (tertiary/aromatic N) is 2. The first kappa shape index (κ1) is 21.0.